The van der Waals surface area contributed by atoms with Crippen molar-refractivity contribution in [1.82, 2.24) is 24.5 Å². The van der Waals surface area contributed by atoms with Crippen LogP contribution in [0.3, 0.4) is 0 Å². The van der Waals surface area contributed by atoms with Gasteiger partial charge in [0.2, 0.25) is 5.91 Å². The zero-order chi connectivity index (χ0) is 22.1. The Hall–Kier alpha value is -2.52. The molecule has 0 unspecified atom stereocenters. The van der Waals surface area contributed by atoms with Crippen LogP contribution in [-0.2, 0) is 18.4 Å². The number of thioether (sulfide) groups is 1. The zero-order valence-corrected chi connectivity index (χ0v) is 19.5. The summed E-state index contributed by atoms with van der Waals surface area (Å²) < 4.78 is 9.71. The molecule has 0 spiro atoms. The number of hydrogen-bond donors (Lipinski definition) is 1. The van der Waals surface area contributed by atoms with E-state index >= 15 is 0 Å². The molecule has 1 saturated carbocycles. The van der Waals surface area contributed by atoms with Gasteiger partial charge in [0.05, 0.1) is 27.3 Å². The number of halogens is 1. The van der Waals surface area contributed by atoms with Gasteiger partial charge >= 0.3 is 0 Å². The molecule has 1 atom stereocenters. The highest BCUT2D eigenvalue weighted by atomic mass is 35.5. The quantitative estimate of drug-likeness (QED) is 0.504. The fraction of sp³-hybridized carbons (Fsp3) is 0.429. The SMILES string of the molecule is Cc1nn(C)c(C)c1NC(=O)[C@H](C)Sc1nnc(COc2ccccc2Cl)n1C1CC1. The number of para-hydroxylation sites is 1. The summed E-state index contributed by atoms with van der Waals surface area (Å²) in [7, 11) is 1.86. The van der Waals surface area contributed by atoms with Crippen LogP contribution < -0.4 is 10.1 Å². The molecule has 2 aromatic heterocycles. The number of benzene rings is 1. The Balaban J connectivity index is 1.45. The van der Waals surface area contributed by atoms with Crippen LogP contribution in [0.1, 0.15) is 43.0 Å². The van der Waals surface area contributed by atoms with Gasteiger partial charge in [0.25, 0.3) is 0 Å². The number of aromatic nitrogens is 5. The first-order valence-electron chi connectivity index (χ1n) is 10.1. The number of rotatable bonds is 8. The highest BCUT2D eigenvalue weighted by Crippen LogP contribution is 2.40. The van der Waals surface area contributed by atoms with Gasteiger partial charge in [-0.15, -0.1) is 10.2 Å². The number of anilines is 1. The second kappa shape index (κ2) is 8.92. The van der Waals surface area contributed by atoms with Crippen LogP contribution in [0, 0.1) is 13.8 Å². The smallest absolute Gasteiger partial charge is 0.237 e. The molecular weight excluding hydrogens is 436 g/mol. The highest BCUT2D eigenvalue weighted by molar-refractivity contribution is 8.00. The molecule has 0 radical (unpaired) electrons. The van der Waals surface area contributed by atoms with Crippen LogP contribution in [0.2, 0.25) is 5.02 Å². The van der Waals surface area contributed by atoms with Gasteiger partial charge in [0, 0.05) is 13.1 Å². The van der Waals surface area contributed by atoms with E-state index in [-0.39, 0.29) is 17.8 Å². The van der Waals surface area contributed by atoms with Crippen LogP contribution in [-0.4, -0.2) is 35.7 Å². The Morgan fingerprint density at radius 3 is 2.71 bits per heavy atom. The fourth-order valence-electron chi connectivity index (χ4n) is 3.28. The first kappa shape index (κ1) is 21.7. The molecule has 4 rings (SSSR count). The molecule has 1 aliphatic rings. The Morgan fingerprint density at radius 2 is 2.06 bits per heavy atom. The highest BCUT2D eigenvalue weighted by Gasteiger charge is 2.31. The van der Waals surface area contributed by atoms with Gasteiger partial charge in [0.1, 0.15) is 12.4 Å². The summed E-state index contributed by atoms with van der Waals surface area (Å²) in [5.74, 6) is 1.25. The van der Waals surface area contributed by atoms with Gasteiger partial charge in [-0.2, -0.15) is 5.10 Å². The molecule has 0 bridgehead atoms. The van der Waals surface area contributed by atoms with Gasteiger partial charge in [-0.05, 0) is 45.7 Å². The Morgan fingerprint density at radius 1 is 1.32 bits per heavy atom. The summed E-state index contributed by atoms with van der Waals surface area (Å²) in [5, 5.41) is 17.0. The van der Waals surface area contributed by atoms with E-state index in [2.05, 4.69) is 25.2 Å². The zero-order valence-electron chi connectivity index (χ0n) is 17.9. The van der Waals surface area contributed by atoms with Crippen LogP contribution in [0.4, 0.5) is 5.69 Å². The average molecular weight is 461 g/mol. The molecule has 0 saturated heterocycles. The average Bonchev–Trinajstić information content (AvgIpc) is 3.46. The van der Waals surface area contributed by atoms with Crippen molar-refractivity contribution >= 4 is 35.0 Å². The molecule has 1 N–H and O–H groups in total. The minimum absolute atomic E-state index is 0.0941. The van der Waals surface area contributed by atoms with Crippen LogP contribution in [0.15, 0.2) is 29.4 Å². The van der Waals surface area contributed by atoms with Gasteiger partial charge < -0.3 is 10.1 Å². The molecule has 3 aromatic rings. The normalized spacial score (nSPS) is 14.5. The van der Waals surface area contributed by atoms with Crippen LogP contribution >= 0.6 is 23.4 Å². The Bertz CT molecular complexity index is 1110. The van der Waals surface area contributed by atoms with Gasteiger partial charge in [-0.25, -0.2) is 0 Å². The predicted molar refractivity (Wildman–Crippen MR) is 121 cm³/mol. The number of carbonyl (C=O) groups excluding carboxylic acids is 1. The maximum absolute atomic E-state index is 12.8. The van der Waals surface area contributed by atoms with Crippen molar-refractivity contribution in [3.8, 4) is 5.75 Å². The summed E-state index contributed by atoms with van der Waals surface area (Å²) in [5.41, 5.74) is 2.48. The molecule has 1 fully saturated rings. The van der Waals surface area contributed by atoms with Crippen molar-refractivity contribution in [2.24, 2.45) is 7.05 Å². The molecule has 1 amide bonds. The van der Waals surface area contributed by atoms with E-state index in [0.29, 0.717) is 16.8 Å². The van der Waals surface area contributed by atoms with Crippen LogP contribution in [0.25, 0.3) is 0 Å². The molecule has 8 nitrogen and oxygen atoms in total. The minimum Gasteiger partial charge on any atom is -0.484 e. The largest absolute Gasteiger partial charge is 0.484 e. The lowest BCUT2D eigenvalue weighted by molar-refractivity contribution is -0.115. The summed E-state index contributed by atoms with van der Waals surface area (Å²) in [6, 6.07) is 7.69. The molecule has 1 aromatic carbocycles. The number of carbonyl (C=O) groups is 1. The first-order chi connectivity index (χ1) is 14.8. The molecule has 164 valence electrons. The molecular formula is C21H25ClN6O2S. The molecule has 2 heterocycles. The lowest BCUT2D eigenvalue weighted by atomic mass is 10.3. The topological polar surface area (TPSA) is 86.9 Å². The number of amides is 1. The van der Waals surface area contributed by atoms with Crippen LogP contribution in [0.5, 0.6) is 5.75 Å². The summed E-state index contributed by atoms with van der Waals surface area (Å²) >= 11 is 7.58. The van der Waals surface area contributed by atoms with Crippen molar-refractivity contribution < 1.29 is 9.53 Å². The van der Waals surface area contributed by atoms with E-state index in [9.17, 15) is 4.79 Å². The monoisotopic (exact) mass is 460 g/mol. The van der Waals surface area contributed by atoms with E-state index in [1.54, 1.807) is 10.7 Å². The Labute approximate surface area is 190 Å². The van der Waals surface area contributed by atoms with E-state index < -0.39 is 0 Å². The minimum atomic E-state index is -0.349. The maximum atomic E-state index is 12.8. The number of nitrogens with one attached hydrogen (secondary N) is 1. The summed E-state index contributed by atoms with van der Waals surface area (Å²) in [6.07, 6.45) is 2.14. The number of ether oxygens (including phenoxy) is 1. The third-order valence-corrected chi connectivity index (χ3v) is 6.62. The second-order valence-corrected chi connectivity index (χ2v) is 9.35. The number of nitrogens with zero attached hydrogens (tertiary/aromatic N) is 5. The van der Waals surface area contributed by atoms with E-state index in [1.807, 2.05) is 46.0 Å². The third kappa shape index (κ3) is 4.72. The molecule has 10 heteroatoms. The van der Waals surface area contributed by atoms with Crippen molar-refractivity contribution in [3.63, 3.8) is 0 Å². The summed E-state index contributed by atoms with van der Waals surface area (Å²) in [6.45, 7) is 5.95. The van der Waals surface area contributed by atoms with Crippen molar-refractivity contribution in [2.45, 2.75) is 56.7 Å². The molecule has 0 aliphatic heterocycles. The molecule has 1 aliphatic carbocycles. The van der Waals surface area contributed by atoms with Crippen molar-refractivity contribution in [1.29, 1.82) is 0 Å². The lowest BCUT2D eigenvalue weighted by Gasteiger charge is -2.14. The van der Waals surface area contributed by atoms with E-state index in [4.69, 9.17) is 16.3 Å². The first-order valence-corrected chi connectivity index (χ1v) is 11.4. The van der Waals surface area contributed by atoms with Gasteiger partial charge in [0.15, 0.2) is 11.0 Å². The maximum Gasteiger partial charge on any atom is 0.237 e. The van der Waals surface area contributed by atoms with Gasteiger partial charge in [-0.1, -0.05) is 35.5 Å². The standard InChI is InChI=1S/C21H25ClN6O2S/c1-12-19(13(2)27(4)26-12)23-20(29)14(3)31-21-25-24-18(28(21)15-9-10-15)11-30-17-8-6-5-7-16(17)22/h5-8,14-15H,9-11H2,1-4H3,(H,23,29)/t14-/m0/s1. The number of aryl methyl sites for hydroxylation is 2. The fourth-order valence-corrected chi connectivity index (χ4v) is 4.41. The summed E-state index contributed by atoms with van der Waals surface area (Å²) in [4.78, 5) is 12.8. The van der Waals surface area contributed by atoms with Crippen molar-refractivity contribution in [3.05, 3.63) is 46.5 Å². The lowest BCUT2D eigenvalue weighted by Crippen LogP contribution is -2.23. The van der Waals surface area contributed by atoms with E-state index in [0.717, 1.165) is 40.9 Å². The van der Waals surface area contributed by atoms with Crippen molar-refractivity contribution in [2.75, 3.05) is 5.32 Å². The number of hydrogen-bond acceptors (Lipinski definition) is 6. The molecule has 31 heavy (non-hydrogen) atoms. The second-order valence-electron chi connectivity index (χ2n) is 7.64. The predicted octanol–water partition coefficient (Wildman–Crippen LogP) is 4.32. The Kier molecular flexibility index (Phi) is 6.24. The third-order valence-electron chi connectivity index (χ3n) is 5.25. The van der Waals surface area contributed by atoms with E-state index in [1.165, 1.54) is 11.8 Å². The van der Waals surface area contributed by atoms with Gasteiger partial charge in [-0.3, -0.25) is 14.0 Å².